The molecule has 5 heteroatoms. The van der Waals surface area contributed by atoms with Crippen LogP contribution in [-0.2, 0) is 10.0 Å². The van der Waals surface area contributed by atoms with Crippen LogP contribution < -0.4 is 5.73 Å². The lowest BCUT2D eigenvalue weighted by molar-refractivity contribution is 0.141. The number of aryl methyl sites for hydroxylation is 1. The molecule has 0 aromatic heterocycles. The Hall–Kier alpha value is -0.910. The van der Waals surface area contributed by atoms with Crippen LogP contribution in [-0.4, -0.2) is 31.4 Å². The van der Waals surface area contributed by atoms with Crippen LogP contribution in [0.5, 0.6) is 0 Å². The molecule has 1 aliphatic carbocycles. The smallest absolute Gasteiger partial charge is 0.243 e. The second-order valence-electron chi connectivity index (χ2n) is 5.98. The van der Waals surface area contributed by atoms with Crippen LogP contribution in [0.2, 0.25) is 0 Å². The van der Waals surface area contributed by atoms with E-state index in [1.807, 2.05) is 19.9 Å². The molecule has 118 valence electrons. The number of sulfonamides is 1. The van der Waals surface area contributed by atoms with Crippen molar-refractivity contribution in [3.8, 4) is 0 Å². The van der Waals surface area contributed by atoms with Gasteiger partial charge in [0.05, 0.1) is 4.90 Å². The molecular formula is C16H26N2O2S. The van der Waals surface area contributed by atoms with Crippen molar-refractivity contribution in [2.45, 2.75) is 56.4 Å². The van der Waals surface area contributed by atoms with Crippen LogP contribution in [0, 0.1) is 6.92 Å². The molecule has 1 aromatic rings. The molecule has 0 bridgehead atoms. The van der Waals surface area contributed by atoms with Crippen molar-refractivity contribution in [3.05, 3.63) is 29.8 Å². The summed E-state index contributed by atoms with van der Waals surface area (Å²) in [6.45, 7) is 4.67. The molecule has 1 aromatic carbocycles. The standard InChI is InChI=1S/C16H26N2O2S/c1-3-18(16(13-17)10-5-4-6-11-16)21(19,20)15-9-7-8-14(2)12-15/h7-9,12H,3-6,10-11,13,17H2,1-2H3. The lowest BCUT2D eigenvalue weighted by Crippen LogP contribution is -2.57. The lowest BCUT2D eigenvalue weighted by Gasteiger charge is -2.44. The zero-order chi connectivity index (χ0) is 15.5. The van der Waals surface area contributed by atoms with E-state index >= 15 is 0 Å². The van der Waals surface area contributed by atoms with Crippen molar-refractivity contribution in [1.82, 2.24) is 4.31 Å². The Kier molecular flexibility index (Phi) is 5.07. The van der Waals surface area contributed by atoms with Crippen molar-refractivity contribution < 1.29 is 8.42 Å². The third-order valence-corrected chi connectivity index (χ3v) is 6.63. The van der Waals surface area contributed by atoms with Gasteiger partial charge in [0.25, 0.3) is 0 Å². The quantitative estimate of drug-likeness (QED) is 0.909. The average Bonchev–Trinajstić information content (AvgIpc) is 2.48. The fourth-order valence-corrected chi connectivity index (χ4v) is 5.38. The van der Waals surface area contributed by atoms with E-state index < -0.39 is 15.6 Å². The summed E-state index contributed by atoms with van der Waals surface area (Å²) < 4.78 is 27.7. The third kappa shape index (κ3) is 3.15. The fraction of sp³-hybridized carbons (Fsp3) is 0.625. The van der Waals surface area contributed by atoms with E-state index in [1.165, 1.54) is 6.42 Å². The molecule has 2 rings (SSSR count). The number of hydrogen-bond donors (Lipinski definition) is 1. The number of benzene rings is 1. The largest absolute Gasteiger partial charge is 0.329 e. The van der Waals surface area contributed by atoms with E-state index in [0.717, 1.165) is 31.2 Å². The first-order chi connectivity index (χ1) is 9.96. The van der Waals surface area contributed by atoms with Crippen LogP contribution in [0.15, 0.2) is 29.2 Å². The van der Waals surface area contributed by atoms with Gasteiger partial charge in [-0.2, -0.15) is 4.31 Å². The van der Waals surface area contributed by atoms with Gasteiger partial charge in [0.15, 0.2) is 0 Å². The molecule has 1 saturated carbocycles. The Morgan fingerprint density at radius 1 is 1.24 bits per heavy atom. The molecule has 21 heavy (non-hydrogen) atoms. The first kappa shape index (κ1) is 16.5. The predicted octanol–water partition coefficient (Wildman–Crippen LogP) is 2.67. The highest BCUT2D eigenvalue weighted by Crippen LogP contribution is 2.36. The summed E-state index contributed by atoms with van der Waals surface area (Å²) in [4.78, 5) is 0.378. The molecule has 0 radical (unpaired) electrons. The second-order valence-corrected chi connectivity index (χ2v) is 7.84. The summed E-state index contributed by atoms with van der Waals surface area (Å²) in [6.07, 6.45) is 5.00. The van der Waals surface area contributed by atoms with Gasteiger partial charge in [0.2, 0.25) is 10.0 Å². The van der Waals surface area contributed by atoms with Gasteiger partial charge in [0.1, 0.15) is 0 Å². The Bertz CT molecular complexity index is 578. The van der Waals surface area contributed by atoms with E-state index in [9.17, 15) is 8.42 Å². The molecule has 0 amide bonds. The van der Waals surface area contributed by atoms with Gasteiger partial charge in [-0.1, -0.05) is 38.3 Å². The minimum Gasteiger partial charge on any atom is -0.329 e. The molecule has 1 fully saturated rings. The van der Waals surface area contributed by atoms with E-state index in [-0.39, 0.29) is 0 Å². The van der Waals surface area contributed by atoms with Crippen molar-refractivity contribution in [1.29, 1.82) is 0 Å². The van der Waals surface area contributed by atoms with Gasteiger partial charge < -0.3 is 5.73 Å². The van der Waals surface area contributed by atoms with Crippen LogP contribution in [0.25, 0.3) is 0 Å². The molecule has 4 nitrogen and oxygen atoms in total. The molecule has 1 aliphatic rings. The average molecular weight is 310 g/mol. The van der Waals surface area contributed by atoms with Gasteiger partial charge in [-0.3, -0.25) is 0 Å². The lowest BCUT2D eigenvalue weighted by atomic mass is 9.81. The molecule has 2 N–H and O–H groups in total. The number of likely N-dealkylation sites (N-methyl/N-ethyl adjacent to an activating group) is 1. The van der Waals surface area contributed by atoms with Crippen molar-refractivity contribution in [3.63, 3.8) is 0 Å². The number of hydrogen-bond acceptors (Lipinski definition) is 3. The summed E-state index contributed by atoms with van der Waals surface area (Å²) in [6, 6.07) is 7.13. The summed E-state index contributed by atoms with van der Waals surface area (Å²) in [5.41, 5.74) is 6.56. The van der Waals surface area contributed by atoms with Gasteiger partial charge >= 0.3 is 0 Å². The maximum absolute atomic E-state index is 13.0. The zero-order valence-corrected chi connectivity index (χ0v) is 13.8. The molecule has 0 aliphatic heterocycles. The molecule has 0 saturated heterocycles. The normalized spacial score (nSPS) is 18.9. The fourth-order valence-electron chi connectivity index (χ4n) is 3.43. The van der Waals surface area contributed by atoms with E-state index in [0.29, 0.717) is 18.0 Å². The highest BCUT2D eigenvalue weighted by atomic mass is 32.2. The first-order valence-corrected chi connectivity index (χ1v) is 9.20. The van der Waals surface area contributed by atoms with Crippen molar-refractivity contribution in [2.24, 2.45) is 5.73 Å². The van der Waals surface area contributed by atoms with E-state index in [4.69, 9.17) is 5.73 Å². The summed E-state index contributed by atoms with van der Waals surface area (Å²) >= 11 is 0. The van der Waals surface area contributed by atoms with Crippen LogP contribution >= 0.6 is 0 Å². The second kappa shape index (κ2) is 6.46. The van der Waals surface area contributed by atoms with Gasteiger partial charge in [-0.25, -0.2) is 8.42 Å². The topological polar surface area (TPSA) is 63.4 Å². The van der Waals surface area contributed by atoms with Gasteiger partial charge in [-0.15, -0.1) is 0 Å². The first-order valence-electron chi connectivity index (χ1n) is 7.76. The van der Waals surface area contributed by atoms with Gasteiger partial charge in [0, 0.05) is 18.6 Å². The van der Waals surface area contributed by atoms with Crippen molar-refractivity contribution >= 4 is 10.0 Å². The van der Waals surface area contributed by atoms with Gasteiger partial charge in [-0.05, 0) is 37.5 Å². The van der Waals surface area contributed by atoms with Crippen LogP contribution in [0.1, 0.15) is 44.6 Å². The summed E-state index contributed by atoms with van der Waals surface area (Å²) in [5, 5.41) is 0. The Morgan fingerprint density at radius 2 is 1.90 bits per heavy atom. The number of nitrogens with two attached hydrogens (primary N) is 1. The zero-order valence-electron chi connectivity index (χ0n) is 13.0. The predicted molar refractivity (Wildman–Crippen MR) is 85.6 cm³/mol. The molecular weight excluding hydrogens is 284 g/mol. The van der Waals surface area contributed by atoms with Crippen LogP contribution in [0.4, 0.5) is 0 Å². The van der Waals surface area contributed by atoms with E-state index in [1.54, 1.807) is 22.5 Å². The van der Waals surface area contributed by atoms with Crippen molar-refractivity contribution in [2.75, 3.05) is 13.1 Å². The number of nitrogens with zero attached hydrogens (tertiary/aromatic N) is 1. The highest BCUT2D eigenvalue weighted by Gasteiger charge is 2.42. The Labute approximate surface area is 128 Å². The Morgan fingerprint density at radius 3 is 2.43 bits per heavy atom. The maximum Gasteiger partial charge on any atom is 0.243 e. The minimum absolute atomic E-state index is 0.378. The summed E-state index contributed by atoms with van der Waals surface area (Å²) in [7, 11) is -3.49. The minimum atomic E-state index is -3.49. The number of rotatable bonds is 5. The summed E-state index contributed by atoms with van der Waals surface area (Å²) in [5.74, 6) is 0. The van der Waals surface area contributed by atoms with E-state index in [2.05, 4.69) is 0 Å². The Balaban J connectivity index is 2.43. The molecule has 0 heterocycles. The van der Waals surface area contributed by atoms with Crippen LogP contribution in [0.3, 0.4) is 0 Å². The molecule has 0 spiro atoms. The third-order valence-electron chi connectivity index (χ3n) is 4.56. The monoisotopic (exact) mass is 310 g/mol. The molecule has 0 unspecified atom stereocenters. The highest BCUT2D eigenvalue weighted by molar-refractivity contribution is 7.89. The SMILES string of the molecule is CCN(C1(CN)CCCCC1)S(=O)(=O)c1cccc(C)c1. The maximum atomic E-state index is 13.0. The molecule has 0 atom stereocenters.